The van der Waals surface area contributed by atoms with E-state index in [1.54, 1.807) is 19.3 Å². The molecule has 0 spiro atoms. The number of nitrogens with one attached hydrogen (secondary N) is 1. The number of amides is 2. The molecule has 1 unspecified atom stereocenters. The Kier molecular flexibility index (Phi) is 5.33. The monoisotopic (exact) mass is 394 g/mol. The van der Waals surface area contributed by atoms with Crippen molar-refractivity contribution in [3.05, 3.63) is 48.0 Å². The molecule has 8 nitrogen and oxygen atoms in total. The molecular formula is C21H26N6O2. The van der Waals surface area contributed by atoms with E-state index in [1.807, 2.05) is 30.1 Å². The number of aryl methyl sites for hydroxylation is 2. The van der Waals surface area contributed by atoms with Gasteiger partial charge in [-0.05, 0) is 31.0 Å². The predicted molar refractivity (Wildman–Crippen MR) is 109 cm³/mol. The molecule has 1 aromatic carbocycles. The highest BCUT2D eigenvalue weighted by molar-refractivity contribution is 5.92. The van der Waals surface area contributed by atoms with E-state index >= 15 is 0 Å². The van der Waals surface area contributed by atoms with Gasteiger partial charge in [0, 0.05) is 52.3 Å². The van der Waals surface area contributed by atoms with Gasteiger partial charge in [0.15, 0.2) is 0 Å². The molecule has 3 aromatic rings. The normalized spacial score (nSPS) is 16.9. The molecule has 2 aromatic heterocycles. The number of carbonyl (C=O) groups excluding carboxylic acids is 2. The lowest BCUT2D eigenvalue weighted by Gasteiger charge is -2.32. The highest BCUT2D eigenvalue weighted by atomic mass is 16.2. The lowest BCUT2D eigenvalue weighted by Crippen LogP contribution is -2.41. The minimum atomic E-state index is -0.214. The van der Waals surface area contributed by atoms with Crippen molar-refractivity contribution < 1.29 is 9.59 Å². The van der Waals surface area contributed by atoms with Crippen molar-refractivity contribution in [3.8, 4) is 0 Å². The van der Waals surface area contributed by atoms with Gasteiger partial charge in [0.05, 0.1) is 11.0 Å². The molecule has 29 heavy (non-hydrogen) atoms. The fourth-order valence-electron chi connectivity index (χ4n) is 4.07. The van der Waals surface area contributed by atoms with Gasteiger partial charge in [-0.25, -0.2) is 4.98 Å². The van der Waals surface area contributed by atoms with Crippen molar-refractivity contribution in [2.45, 2.75) is 25.2 Å². The smallest absolute Gasteiger partial charge is 0.269 e. The Bertz CT molecular complexity index is 1040. The molecule has 0 saturated carbocycles. The number of hydrogen-bond acceptors (Lipinski definition) is 4. The van der Waals surface area contributed by atoms with E-state index in [-0.39, 0.29) is 17.7 Å². The van der Waals surface area contributed by atoms with E-state index in [4.69, 9.17) is 4.98 Å². The molecule has 0 bridgehead atoms. The Morgan fingerprint density at radius 2 is 2.03 bits per heavy atom. The summed E-state index contributed by atoms with van der Waals surface area (Å²) >= 11 is 0. The number of fused-ring (bicyclic) bond motifs is 1. The molecule has 8 heteroatoms. The number of rotatable bonds is 5. The molecule has 1 aliphatic rings. The standard InChI is InChI=1S/C21H26N6O2/c1-25-17-8-4-3-7-16(17)24-20(25)15-6-5-13-27(14-15)19(28)10-11-22-21(29)18-9-12-23-26(18)2/h3-4,7-9,12,15H,5-6,10-11,13-14H2,1-2H3,(H,22,29). The first-order valence-corrected chi connectivity index (χ1v) is 10.00. The number of para-hydroxylation sites is 2. The summed E-state index contributed by atoms with van der Waals surface area (Å²) in [6.07, 6.45) is 3.85. The summed E-state index contributed by atoms with van der Waals surface area (Å²) < 4.78 is 3.66. The molecule has 2 amide bonds. The van der Waals surface area contributed by atoms with Crippen molar-refractivity contribution in [1.29, 1.82) is 0 Å². The van der Waals surface area contributed by atoms with Crippen molar-refractivity contribution in [2.24, 2.45) is 14.1 Å². The zero-order chi connectivity index (χ0) is 20.4. The first-order valence-electron chi connectivity index (χ1n) is 10.00. The van der Waals surface area contributed by atoms with Gasteiger partial charge in [-0.2, -0.15) is 5.10 Å². The van der Waals surface area contributed by atoms with Crippen LogP contribution in [0, 0.1) is 0 Å². The second-order valence-electron chi connectivity index (χ2n) is 7.54. The summed E-state index contributed by atoms with van der Waals surface area (Å²) in [7, 11) is 3.76. The van der Waals surface area contributed by atoms with Gasteiger partial charge in [-0.3, -0.25) is 14.3 Å². The Morgan fingerprint density at radius 1 is 1.21 bits per heavy atom. The van der Waals surface area contributed by atoms with Crippen LogP contribution in [0.2, 0.25) is 0 Å². The molecule has 4 rings (SSSR count). The van der Waals surface area contributed by atoms with Gasteiger partial charge < -0.3 is 14.8 Å². The van der Waals surface area contributed by atoms with E-state index < -0.39 is 0 Å². The third-order valence-electron chi connectivity index (χ3n) is 5.64. The Hall–Kier alpha value is -3.16. The third-order valence-corrected chi connectivity index (χ3v) is 5.64. The second kappa shape index (κ2) is 8.06. The molecule has 1 aliphatic heterocycles. The lowest BCUT2D eigenvalue weighted by molar-refractivity contribution is -0.132. The molecule has 1 N–H and O–H groups in total. The van der Waals surface area contributed by atoms with Crippen LogP contribution in [-0.4, -0.2) is 55.7 Å². The van der Waals surface area contributed by atoms with Gasteiger partial charge in [0.1, 0.15) is 11.5 Å². The van der Waals surface area contributed by atoms with Crippen LogP contribution in [0.3, 0.4) is 0 Å². The van der Waals surface area contributed by atoms with Crippen LogP contribution in [-0.2, 0) is 18.9 Å². The van der Waals surface area contributed by atoms with Crippen LogP contribution >= 0.6 is 0 Å². The largest absolute Gasteiger partial charge is 0.350 e. The van der Waals surface area contributed by atoms with E-state index in [2.05, 4.69) is 21.0 Å². The minimum absolute atomic E-state index is 0.0683. The molecular weight excluding hydrogens is 368 g/mol. The van der Waals surface area contributed by atoms with Crippen molar-refractivity contribution >= 4 is 22.8 Å². The number of hydrogen-bond donors (Lipinski definition) is 1. The van der Waals surface area contributed by atoms with E-state index in [0.717, 1.165) is 36.2 Å². The van der Waals surface area contributed by atoms with E-state index in [9.17, 15) is 9.59 Å². The molecule has 0 radical (unpaired) electrons. The topological polar surface area (TPSA) is 85.1 Å². The van der Waals surface area contributed by atoms with Crippen LogP contribution in [0.4, 0.5) is 0 Å². The molecule has 1 atom stereocenters. The van der Waals surface area contributed by atoms with Gasteiger partial charge in [-0.15, -0.1) is 0 Å². The Labute approximate surface area is 169 Å². The second-order valence-corrected chi connectivity index (χ2v) is 7.54. The molecule has 1 saturated heterocycles. The lowest BCUT2D eigenvalue weighted by atomic mass is 9.97. The van der Waals surface area contributed by atoms with Gasteiger partial charge in [0.25, 0.3) is 5.91 Å². The number of benzene rings is 1. The Morgan fingerprint density at radius 3 is 2.79 bits per heavy atom. The number of imidazole rings is 1. The average molecular weight is 394 g/mol. The van der Waals surface area contributed by atoms with Crippen molar-refractivity contribution in [3.63, 3.8) is 0 Å². The summed E-state index contributed by atoms with van der Waals surface area (Å²) in [5.41, 5.74) is 2.59. The van der Waals surface area contributed by atoms with Crippen LogP contribution in [0.1, 0.15) is 41.5 Å². The van der Waals surface area contributed by atoms with E-state index in [1.165, 1.54) is 4.68 Å². The maximum absolute atomic E-state index is 12.7. The van der Waals surface area contributed by atoms with Crippen molar-refractivity contribution in [2.75, 3.05) is 19.6 Å². The number of piperidine rings is 1. The first kappa shape index (κ1) is 19.2. The van der Waals surface area contributed by atoms with Crippen LogP contribution < -0.4 is 5.32 Å². The van der Waals surface area contributed by atoms with Crippen LogP contribution in [0.5, 0.6) is 0 Å². The molecule has 3 heterocycles. The van der Waals surface area contributed by atoms with E-state index in [0.29, 0.717) is 25.2 Å². The molecule has 1 fully saturated rings. The minimum Gasteiger partial charge on any atom is -0.350 e. The number of carbonyl (C=O) groups is 2. The highest BCUT2D eigenvalue weighted by Gasteiger charge is 2.27. The summed E-state index contributed by atoms with van der Waals surface area (Å²) in [6, 6.07) is 9.77. The summed E-state index contributed by atoms with van der Waals surface area (Å²) in [5.74, 6) is 1.12. The summed E-state index contributed by atoms with van der Waals surface area (Å²) in [6.45, 7) is 1.75. The fourth-order valence-corrected chi connectivity index (χ4v) is 4.07. The Balaban J connectivity index is 1.35. The molecule has 0 aliphatic carbocycles. The highest BCUT2D eigenvalue weighted by Crippen LogP contribution is 2.28. The SMILES string of the molecule is Cn1nccc1C(=O)NCCC(=O)N1CCCC(c2nc3ccccc3n2C)C1. The predicted octanol–water partition coefficient (Wildman–Crippen LogP) is 1.83. The summed E-state index contributed by atoms with van der Waals surface area (Å²) in [5, 5.41) is 6.79. The third kappa shape index (κ3) is 3.87. The number of nitrogens with zero attached hydrogens (tertiary/aromatic N) is 5. The van der Waals surface area contributed by atoms with Crippen LogP contribution in [0.15, 0.2) is 36.5 Å². The maximum atomic E-state index is 12.7. The van der Waals surface area contributed by atoms with Gasteiger partial charge in [0.2, 0.25) is 5.91 Å². The molecule has 152 valence electrons. The zero-order valence-corrected chi connectivity index (χ0v) is 16.8. The zero-order valence-electron chi connectivity index (χ0n) is 16.8. The van der Waals surface area contributed by atoms with Gasteiger partial charge in [-0.1, -0.05) is 12.1 Å². The van der Waals surface area contributed by atoms with Crippen LogP contribution in [0.25, 0.3) is 11.0 Å². The van der Waals surface area contributed by atoms with Gasteiger partial charge >= 0.3 is 0 Å². The number of aromatic nitrogens is 4. The quantitative estimate of drug-likeness (QED) is 0.716. The average Bonchev–Trinajstić information content (AvgIpc) is 3.31. The van der Waals surface area contributed by atoms with Crippen molar-refractivity contribution in [1.82, 2.24) is 29.5 Å². The number of likely N-dealkylation sites (tertiary alicyclic amines) is 1. The fraction of sp³-hybridized carbons (Fsp3) is 0.429. The summed E-state index contributed by atoms with van der Waals surface area (Å²) in [4.78, 5) is 31.6. The first-order chi connectivity index (χ1) is 14.0. The maximum Gasteiger partial charge on any atom is 0.269 e.